The van der Waals surface area contributed by atoms with E-state index in [1.165, 1.54) is 54.9 Å². The molecular formula is C56H37N3. The molecule has 1 heterocycles. The Balaban J connectivity index is 1.10. The smallest absolute Gasteiger partial charge is 0.164 e. The van der Waals surface area contributed by atoms with Crippen molar-refractivity contribution < 1.29 is 0 Å². The summed E-state index contributed by atoms with van der Waals surface area (Å²) in [7, 11) is 0. The Morgan fingerprint density at radius 2 is 0.746 bits per heavy atom. The van der Waals surface area contributed by atoms with Crippen molar-refractivity contribution in [2.75, 3.05) is 0 Å². The van der Waals surface area contributed by atoms with Crippen molar-refractivity contribution in [3.8, 4) is 56.4 Å². The minimum atomic E-state index is -0.114. The van der Waals surface area contributed by atoms with Crippen molar-refractivity contribution in [3.63, 3.8) is 0 Å². The highest BCUT2D eigenvalue weighted by Crippen LogP contribution is 2.52. The van der Waals surface area contributed by atoms with Gasteiger partial charge in [-0.25, -0.2) is 15.0 Å². The molecule has 3 nitrogen and oxygen atoms in total. The third-order valence-corrected chi connectivity index (χ3v) is 12.7. The molecule has 59 heavy (non-hydrogen) atoms. The molecule has 0 saturated carbocycles. The quantitative estimate of drug-likeness (QED) is 0.168. The zero-order chi connectivity index (χ0) is 39.2. The highest BCUT2D eigenvalue weighted by molar-refractivity contribution is 6.15. The Kier molecular flexibility index (Phi) is 7.27. The largest absolute Gasteiger partial charge is 0.208 e. The van der Waals surface area contributed by atoms with Crippen molar-refractivity contribution in [2.24, 2.45) is 0 Å². The van der Waals surface area contributed by atoms with Gasteiger partial charge in [-0.15, -0.1) is 0 Å². The second-order valence-electron chi connectivity index (χ2n) is 16.3. The second-order valence-corrected chi connectivity index (χ2v) is 16.3. The van der Waals surface area contributed by atoms with E-state index < -0.39 is 0 Å². The maximum Gasteiger partial charge on any atom is 0.164 e. The summed E-state index contributed by atoms with van der Waals surface area (Å²) < 4.78 is 0. The summed E-state index contributed by atoms with van der Waals surface area (Å²) >= 11 is 0. The lowest BCUT2D eigenvalue weighted by Crippen LogP contribution is -2.16. The zero-order valence-electron chi connectivity index (χ0n) is 32.7. The van der Waals surface area contributed by atoms with E-state index in [0.717, 1.165) is 49.0 Å². The first kappa shape index (κ1) is 33.6. The van der Waals surface area contributed by atoms with E-state index in [2.05, 4.69) is 202 Å². The third kappa shape index (κ3) is 5.11. The van der Waals surface area contributed by atoms with Gasteiger partial charge >= 0.3 is 0 Å². The average molecular weight is 752 g/mol. The predicted octanol–water partition coefficient (Wildman–Crippen LogP) is 14.6. The molecular weight excluding hydrogens is 715 g/mol. The first-order valence-electron chi connectivity index (χ1n) is 20.4. The van der Waals surface area contributed by atoms with Gasteiger partial charge in [0.2, 0.25) is 0 Å². The van der Waals surface area contributed by atoms with Crippen LogP contribution in [0.5, 0.6) is 0 Å². The van der Waals surface area contributed by atoms with Crippen molar-refractivity contribution in [2.45, 2.75) is 19.3 Å². The van der Waals surface area contributed by atoms with Gasteiger partial charge < -0.3 is 0 Å². The molecule has 3 heteroatoms. The summed E-state index contributed by atoms with van der Waals surface area (Å²) in [6.07, 6.45) is 0. The molecule has 0 fully saturated rings. The molecule has 0 unspecified atom stereocenters. The number of nitrogens with zero attached hydrogens (tertiary/aromatic N) is 3. The Morgan fingerprint density at radius 3 is 1.39 bits per heavy atom. The average Bonchev–Trinajstić information content (AvgIpc) is 3.53. The Bertz CT molecular complexity index is 3410. The fourth-order valence-corrected chi connectivity index (χ4v) is 9.95. The molecule has 1 aliphatic rings. The predicted molar refractivity (Wildman–Crippen MR) is 247 cm³/mol. The van der Waals surface area contributed by atoms with Crippen molar-refractivity contribution in [3.05, 3.63) is 199 Å². The van der Waals surface area contributed by atoms with Crippen LogP contribution < -0.4 is 0 Å². The maximum atomic E-state index is 5.40. The van der Waals surface area contributed by atoms with E-state index in [-0.39, 0.29) is 5.41 Å². The second kappa shape index (κ2) is 12.8. The zero-order valence-corrected chi connectivity index (χ0v) is 32.7. The number of fused-ring (bicyclic) bond motifs is 10. The van der Waals surface area contributed by atoms with Crippen molar-refractivity contribution in [1.29, 1.82) is 0 Å². The molecule has 0 saturated heterocycles. The minimum absolute atomic E-state index is 0.114. The van der Waals surface area contributed by atoms with Crippen LogP contribution in [0.3, 0.4) is 0 Å². The van der Waals surface area contributed by atoms with Crippen LogP contribution in [0.25, 0.3) is 110 Å². The molecule has 1 aromatic heterocycles. The molecule has 0 amide bonds. The van der Waals surface area contributed by atoms with Gasteiger partial charge in [0, 0.05) is 22.1 Å². The molecule has 0 bridgehead atoms. The van der Waals surface area contributed by atoms with Crippen LogP contribution in [-0.4, -0.2) is 15.0 Å². The maximum absolute atomic E-state index is 5.40. The molecule has 11 aromatic rings. The normalized spacial score (nSPS) is 13.1. The summed E-state index contributed by atoms with van der Waals surface area (Å²) in [5.41, 5.74) is 10.7. The SMILES string of the molecule is CC1(C)c2ccccc2-c2cccc(-c3ccc4c(-c5nc(-c6cc7ccccc7c7ccccc67)nc(-c6cc7ccccc7c7ccccc67)n5)cccc4c3)c21. The van der Waals surface area contributed by atoms with Crippen LogP contribution >= 0.6 is 0 Å². The molecule has 0 N–H and O–H groups in total. The molecule has 276 valence electrons. The van der Waals surface area contributed by atoms with Crippen molar-refractivity contribution >= 4 is 53.9 Å². The lowest BCUT2D eigenvalue weighted by molar-refractivity contribution is 0.662. The first-order chi connectivity index (χ1) is 29.0. The van der Waals surface area contributed by atoms with E-state index in [4.69, 9.17) is 15.0 Å². The molecule has 12 rings (SSSR count). The van der Waals surface area contributed by atoms with E-state index in [9.17, 15) is 0 Å². The minimum Gasteiger partial charge on any atom is -0.208 e. The Morgan fingerprint density at radius 1 is 0.305 bits per heavy atom. The number of aromatic nitrogens is 3. The summed E-state index contributed by atoms with van der Waals surface area (Å²) in [5.74, 6) is 1.95. The lowest BCUT2D eigenvalue weighted by atomic mass is 9.78. The molecule has 0 radical (unpaired) electrons. The van der Waals surface area contributed by atoms with Crippen LogP contribution in [0.4, 0.5) is 0 Å². The summed E-state index contributed by atoms with van der Waals surface area (Å²) in [5, 5.41) is 11.5. The van der Waals surface area contributed by atoms with Gasteiger partial charge in [-0.2, -0.15) is 0 Å². The van der Waals surface area contributed by atoms with Gasteiger partial charge in [0.25, 0.3) is 0 Å². The Hall–Kier alpha value is -7.49. The molecule has 1 aliphatic carbocycles. The highest BCUT2D eigenvalue weighted by Gasteiger charge is 2.37. The lowest BCUT2D eigenvalue weighted by Gasteiger charge is -2.24. The van der Waals surface area contributed by atoms with Gasteiger partial charge in [0.05, 0.1) is 0 Å². The van der Waals surface area contributed by atoms with Gasteiger partial charge in [-0.05, 0) is 105 Å². The number of hydrogen-bond donors (Lipinski definition) is 0. The standard InChI is InChI=1S/C56H37N3/c1-56(2)51-28-12-11-24-46(51)47-26-14-25-41(52(47)56)37-29-30-40-34(31-37)17-13-27-48(40)53-57-54(49-32-35-15-3-5-18-38(35)42-20-7-9-22-44(42)49)59-55(58-53)50-33-36-16-4-6-19-39(36)43-21-8-10-23-45(43)50/h3-33H,1-2H3. The number of rotatable bonds is 4. The van der Waals surface area contributed by atoms with Crippen LogP contribution in [0, 0.1) is 0 Å². The van der Waals surface area contributed by atoms with E-state index in [1.54, 1.807) is 0 Å². The fourth-order valence-electron chi connectivity index (χ4n) is 9.95. The fraction of sp³-hybridized carbons (Fsp3) is 0.0536. The molecule has 10 aromatic carbocycles. The van der Waals surface area contributed by atoms with Gasteiger partial charge in [-0.3, -0.25) is 0 Å². The highest BCUT2D eigenvalue weighted by atomic mass is 15.0. The summed E-state index contributed by atoms with van der Waals surface area (Å²) in [6.45, 7) is 4.71. The van der Waals surface area contributed by atoms with Gasteiger partial charge in [0.15, 0.2) is 17.5 Å². The van der Waals surface area contributed by atoms with Crippen LogP contribution in [0.1, 0.15) is 25.0 Å². The summed E-state index contributed by atoms with van der Waals surface area (Å²) in [6, 6.07) is 67.8. The van der Waals surface area contributed by atoms with E-state index in [1.807, 2.05) is 0 Å². The van der Waals surface area contributed by atoms with Gasteiger partial charge in [-0.1, -0.05) is 184 Å². The monoisotopic (exact) mass is 751 g/mol. The topological polar surface area (TPSA) is 38.7 Å². The molecule has 0 spiro atoms. The van der Waals surface area contributed by atoms with Crippen molar-refractivity contribution in [1.82, 2.24) is 15.0 Å². The first-order valence-corrected chi connectivity index (χ1v) is 20.4. The van der Waals surface area contributed by atoms with Crippen LogP contribution in [0.15, 0.2) is 188 Å². The Labute approximate surface area is 342 Å². The molecule has 0 atom stereocenters. The van der Waals surface area contributed by atoms with Crippen LogP contribution in [0.2, 0.25) is 0 Å². The van der Waals surface area contributed by atoms with Gasteiger partial charge in [0.1, 0.15) is 0 Å². The number of benzene rings is 10. The van der Waals surface area contributed by atoms with E-state index >= 15 is 0 Å². The molecule has 0 aliphatic heterocycles. The van der Waals surface area contributed by atoms with Crippen LogP contribution in [-0.2, 0) is 5.41 Å². The number of hydrogen-bond acceptors (Lipinski definition) is 3. The summed E-state index contributed by atoms with van der Waals surface area (Å²) in [4.78, 5) is 16.2. The van der Waals surface area contributed by atoms with E-state index in [0.29, 0.717) is 17.5 Å². The third-order valence-electron chi connectivity index (χ3n) is 12.7.